The van der Waals surface area contributed by atoms with Gasteiger partial charge < -0.3 is 20.3 Å². The summed E-state index contributed by atoms with van der Waals surface area (Å²) in [5.41, 5.74) is -3.17. The lowest BCUT2D eigenvalue weighted by Gasteiger charge is -2.35. The third kappa shape index (κ3) is 10.3. The summed E-state index contributed by atoms with van der Waals surface area (Å²) in [5.74, 6) is -1.39. The first-order valence-electron chi connectivity index (χ1n) is 11.6. The van der Waals surface area contributed by atoms with Crippen LogP contribution in [0.1, 0.15) is 88.5 Å². The van der Waals surface area contributed by atoms with Crippen molar-refractivity contribution in [2.24, 2.45) is 16.7 Å². The van der Waals surface area contributed by atoms with Crippen LogP contribution in [0.3, 0.4) is 0 Å². The minimum absolute atomic E-state index is 0.0221. The molecule has 33 heavy (non-hydrogen) atoms. The van der Waals surface area contributed by atoms with E-state index in [1.807, 2.05) is 41.5 Å². The molecule has 0 aliphatic heterocycles. The van der Waals surface area contributed by atoms with E-state index < -0.39 is 27.9 Å². The molecule has 8 heteroatoms. The molecule has 0 saturated heterocycles. The van der Waals surface area contributed by atoms with Gasteiger partial charge in [0.1, 0.15) is 13.1 Å². The van der Waals surface area contributed by atoms with E-state index in [2.05, 4.69) is 12.0 Å². The summed E-state index contributed by atoms with van der Waals surface area (Å²) in [7, 11) is 0. The van der Waals surface area contributed by atoms with E-state index in [9.17, 15) is 24.6 Å². The third-order valence-electron chi connectivity index (χ3n) is 6.25. The number of aliphatic hydroxyl groups excluding tert-OH is 1. The molecular formula is C25H47N2O6+. The fraction of sp³-hybridized carbons (Fsp3) is 0.840. The molecule has 0 spiro atoms. The van der Waals surface area contributed by atoms with Crippen LogP contribution in [-0.2, 0) is 19.1 Å². The molecule has 2 unspecified atom stereocenters. The highest BCUT2D eigenvalue weighted by molar-refractivity contribution is 5.84. The molecule has 2 atom stereocenters. The van der Waals surface area contributed by atoms with E-state index in [0.717, 1.165) is 0 Å². The maximum Gasteiger partial charge on any atom is 0.389 e. The number of carbonyl (C=O) groups is 3. The van der Waals surface area contributed by atoms with Crippen LogP contribution in [0.5, 0.6) is 0 Å². The number of amides is 2. The van der Waals surface area contributed by atoms with Gasteiger partial charge in [-0.25, -0.2) is 4.79 Å². The van der Waals surface area contributed by atoms with Gasteiger partial charge in [-0.1, -0.05) is 20.8 Å². The van der Waals surface area contributed by atoms with Gasteiger partial charge in [0.05, 0.1) is 17.6 Å². The first-order valence-corrected chi connectivity index (χ1v) is 11.6. The predicted molar refractivity (Wildman–Crippen MR) is 129 cm³/mol. The molecule has 0 radical (unpaired) electrons. The third-order valence-corrected chi connectivity index (χ3v) is 6.25. The number of nitrogens with zero attached hydrogens (tertiary/aromatic N) is 1. The minimum Gasteiger partial charge on any atom is -0.481 e. The Morgan fingerprint density at radius 1 is 1.00 bits per heavy atom. The normalized spacial score (nSPS) is 15.0. The van der Waals surface area contributed by atoms with Gasteiger partial charge in [0, 0.05) is 23.5 Å². The molecule has 0 aromatic rings. The Hall–Kier alpha value is -1.80. The van der Waals surface area contributed by atoms with Crippen molar-refractivity contribution in [2.45, 2.75) is 106 Å². The maximum atomic E-state index is 12.9. The zero-order valence-electron chi connectivity index (χ0n) is 22.4. The number of rotatable bonds is 14. The molecule has 8 nitrogen and oxygen atoms in total. The summed E-state index contributed by atoms with van der Waals surface area (Å²) in [5, 5.41) is 21.7. The van der Waals surface area contributed by atoms with Crippen molar-refractivity contribution in [1.82, 2.24) is 5.32 Å². The fourth-order valence-electron chi connectivity index (χ4n) is 3.59. The van der Waals surface area contributed by atoms with Gasteiger partial charge in [0.25, 0.3) is 0 Å². The molecule has 0 rings (SSSR count). The predicted octanol–water partition coefficient (Wildman–Crippen LogP) is 3.24. The molecule has 0 heterocycles. The summed E-state index contributed by atoms with van der Waals surface area (Å²) < 4.78 is 7.38. The zero-order chi connectivity index (χ0) is 26.4. The maximum absolute atomic E-state index is 12.9. The molecule has 0 aliphatic rings. The highest BCUT2D eigenvalue weighted by Gasteiger charge is 2.40. The van der Waals surface area contributed by atoms with Gasteiger partial charge in [-0.05, 0) is 61.3 Å². The van der Waals surface area contributed by atoms with Crippen LogP contribution >= 0.6 is 0 Å². The molecule has 192 valence electrons. The average molecular weight is 472 g/mol. The first kappa shape index (κ1) is 31.2. The Balaban J connectivity index is 4.88. The standard InChI is InChI=1S/C25H46N2O6/c1-17(15-28)18(2)27(11)19(29)14-25(9,10)33-13-12-24(7,8)26-20(30)22(3,4)16-23(5,6)21(31)32/h17-18,28H,11-16H2,1-10H3,(H-,26,30,31,32)/p+1. The summed E-state index contributed by atoms with van der Waals surface area (Å²) in [6.07, 6.45) is 0.863. The van der Waals surface area contributed by atoms with Crippen molar-refractivity contribution in [1.29, 1.82) is 0 Å². The van der Waals surface area contributed by atoms with Crippen LogP contribution in [0, 0.1) is 16.7 Å². The summed E-state index contributed by atoms with van der Waals surface area (Å²) >= 11 is 0. The molecule has 0 aliphatic carbocycles. The summed E-state index contributed by atoms with van der Waals surface area (Å²) in [6, 6.07) is -0.193. The van der Waals surface area contributed by atoms with E-state index in [-0.39, 0.29) is 43.2 Å². The van der Waals surface area contributed by atoms with Crippen LogP contribution in [0.2, 0.25) is 0 Å². The first-order chi connectivity index (χ1) is 14.7. The zero-order valence-corrected chi connectivity index (χ0v) is 22.4. The quantitative estimate of drug-likeness (QED) is 0.265. The van der Waals surface area contributed by atoms with Crippen LogP contribution < -0.4 is 5.32 Å². The molecule has 2 amide bonds. The molecule has 0 aromatic carbocycles. The van der Waals surface area contributed by atoms with Crippen LogP contribution in [0.4, 0.5) is 0 Å². The number of carbonyl (C=O) groups excluding carboxylic acids is 2. The van der Waals surface area contributed by atoms with Crippen molar-refractivity contribution >= 4 is 24.5 Å². The number of hydrogen-bond donors (Lipinski definition) is 3. The SMILES string of the molecule is C=[N+](C(=O)CC(C)(C)OCCC(C)(C)NC(=O)C(C)(C)CC(C)(C)C(=O)O)C(C)C(C)CO. The van der Waals surface area contributed by atoms with Crippen LogP contribution in [0.15, 0.2) is 0 Å². The number of nitrogens with one attached hydrogen (secondary N) is 1. The van der Waals surface area contributed by atoms with Gasteiger partial charge in [-0.15, -0.1) is 0 Å². The second-order valence-electron chi connectivity index (χ2n) is 11.9. The second kappa shape index (κ2) is 11.6. The van der Waals surface area contributed by atoms with E-state index in [1.165, 1.54) is 4.58 Å². The lowest BCUT2D eigenvalue weighted by molar-refractivity contribution is -0.488. The van der Waals surface area contributed by atoms with E-state index in [0.29, 0.717) is 13.0 Å². The monoisotopic (exact) mass is 471 g/mol. The van der Waals surface area contributed by atoms with Crippen molar-refractivity contribution in [3.8, 4) is 0 Å². The van der Waals surface area contributed by atoms with Gasteiger partial charge in [0.15, 0.2) is 6.04 Å². The Kier molecular flexibility index (Phi) is 10.9. The molecule has 3 N–H and O–H groups in total. The van der Waals surface area contributed by atoms with E-state index in [4.69, 9.17) is 4.74 Å². The molecular weight excluding hydrogens is 424 g/mol. The van der Waals surface area contributed by atoms with E-state index >= 15 is 0 Å². The van der Waals surface area contributed by atoms with Crippen molar-refractivity contribution in [3.63, 3.8) is 0 Å². The number of hydrogen-bond acceptors (Lipinski definition) is 5. The van der Waals surface area contributed by atoms with Gasteiger partial charge >= 0.3 is 11.9 Å². The van der Waals surface area contributed by atoms with E-state index in [1.54, 1.807) is 27.7 Å². The smallest absolute Gasteiger partial charge is 0.389 e. The number of carboxylic acid groups (broad SMARTS) is 1. The van der Waals surface area contributed by atoms with Crippen molar-refractivity contribution < 1.29 is 33.9 Å². The summed E-state index contributed by atoms with van der Waals surface area (Å²) in [6.45, 7) is 22.0. The summed E-state index contributed by atoms with van der Waals surface area (Å²) in [4.78, 5) is 36.9. The minimum atomic E-state index is -1.01. The topological polar surface area (TPSA) is 116 Å². The molecule has 0 fully saturated rings. The molecule has 0 saturated carbocycles. The molecule has 0 bridgehead atoms. The number of carboxylic acids is 1. The highest BCUT2D eigenvalue weighted by atomic mass is 16.5. The van der Waals surface area contributed by atoms with Crippen LogP contribution in [-0.4, -0.2) is 69.7 Å². The number of aliphatic carboxylic acids is 1. The fourth-order valence-corrected chi connectivity index (χ4v) is 3.59. The highest BCUT2D eigenvalue weighted by Crippen LogP contribution is 2.34. The number of ether oxygens (including phenoxy) is 1. The van der Waals surface area contributed by atoms with Gasteiger partial charge in [-0.2, -0.15) is 4.58 Å². The van der Waals surface area contributed by atoms with Crippen molar-refractivity contribution in [2.75, 3.05) is 13.2 Å². The van der Waals surface area contributed by atoms with Gasteiger partial charge in [0.2, 0.25) is 5.91 Å². The van der Waals surface area contributed by atoms with Gasteiger partial charge in [-0.3, -0.25) is 9.59 Å². The lowest BCUT2D eigenvalue weighted by atomic mass is 9.74. The Bertz CT molecular complexity index is 724. The Morgan fingerprint density at radius 3 is 1.97 bits per heavy atom. The average Bonchev–Trinajstić information content (AvgIpc) is 2.63. The second-order valence-corrected chi connectivity index (χ2v) is 11.9. The Morgan fingerprint density at radius 2 is 1.52 bits per heavy atom. The Labute approximate surface area is 199 Å². The molecule has 0 aromatic heterocycles. The number of aliphatic hydroxyl groups is 1. The largest absolute Gasteiger partial charge is 0.481 e. The van der Waals surface area contributed by atoms with Crippen LogP contribution in [0.25, 0.3) is 0 Å². The lowest BCUT2D eigenvalue weighted by Crippen LogP contribution is -2.51. The van der Waals surface area contributed by atoms with Crippen molar-refractivity contribution in [3.05, 3.63) is 0 Å².